The van der Waals surface area contributed by atoms with E-state index in [2.05, 4.69) is 10.3 Å². The Balaban J connectivity index is 2.01. The predicted molar refractivity (Wildman–Crippen MR) is 95.8 cm³/mol. The van der Waals surface area contributed by atoms with E-state index < -0.39 is 23.4 Å². The molecule has 136 valence electrons. The summed E-state index contributed by atoms with van der Waals surface area (Å²) in [5.74, 6) is -0.829. The number of benzene rings is 1. The highest BCUT2D eigenvalue weighted by molar-refractivity contribution is 6.25. The van der Waals surface area contributed by atoms with Crippen molar-refractivity contribution >= 4 is 29.5 Å². The van der Waals surface area contributed by atoms with Crippen LogP contribution in [-0.2, 0) is 28.0 Å². The van der Waals surface area contributed by atoms with Gasteiger partial charge in [-0.2, -0.15) is 0 Å². The van der Waals surface area contributed by atoms with Crippen molar-refractivity contribution in [1.82, 2.24) is 14.7 Å². The summed E-state index contributed by atoms with van der Waals surface area (Å²) in [5.41, 5.74) is 1.80. The average molecular weight is 355 g/mol. The van der Waals surface area contributed by atoms with Crippen LogP contribution in [0.15, 0.2) is 17.1 Å². The molecular formula is C18H21N5O3. The van der Waals surface area contributed by atoms with E-state index in [0.29, 0.717) is 17.2 Å². The van der Waals surface area contributed by atoms with E-state index in [-0.39, 0.29) is 0 Å². The van der Waals surface area contributed by atoms with Crippen LogP contribution in [0.2, 0.25) is 0 Å². The summed E-state index contributed by atoms with van der Waals surface area (Å²) in [6.07, 6.45) is 2.94. The molecule has 3 aliphatic rings. The molecule has 1 spiro atoms. The lowest BCUT2D eigenvalue weighted by Crippen LogP contribution is -2.66. The number of carbonyl (C=O) groups excluding carboxylic acids is 3. The molecule has 0 radical (unpaired) electrons. The summed E-state index contributed by atoms with van der Waals surface area (Å²) in [6.45, 7) is 0. The summed E-state index contributed by atoms with van der Waals surface area (Å²) in [7, 11) is 6.34. The maximum absolute atomic E-state index is 13.2. The fraction of sp³-hybridized carbons (Fsp3) is 0.444. The molecule has 1 N–H and O–H groups in total. The third kappa shape index (κ3) is 1.95. The van der Waals surface area contributed by atoms with Crippen molar-refractivity contribution in [3.05, 3.63) is 28.8 Å². The number of barbiturate groups is 1. The van der Waals surface area contributed by atoms with Crippen molar-refractivity contribution in [2.24, 2.45) is 4.99 Å². The van der Waals surface area contributed by atoms with Crippen LogP contribution in [0.1, 0.15) is 23.1 Å². The largest absolute Gasteiger partial charge is 0.349 e. The monoisotopic (exact) mass is 355 g/mol. The first-order valence-electron chi connectivity index (χ1n) is 8.58. The molecule has 8 heteroatoms. The smallest absolute Gasteiger partial charge is 0.333 e. The van der Waals surface area contributed by atoms with E-state index in [1.165, 1.54) is 19.7 Å². The van der Waals surface area contributed by atoms with Crippen molar-refractivity contribution in [1.29, 1.82) is 0 Å². The van der Waals surface area contributed by atoms with Gasteiger partial charge in [0.2, 0.25) is 5.54 Å². The minimum atomic E-state index is -1.77. The Bertz CT molecular complexity index is 865. The van der Waals surface area contributed by atoms with Crippen LogP contribution >= 0.6 is 0 Å². The molecule has 4 amide bonds. The Morgan fingerprint density at radius 1 is 1.04 bits per heavy atom. The fourth-order valence-electron chi connectivity index (χ4n) is 3.91. The SMILES string of the molecule is CN(C)C1=NC2(C(=O)N(C)C(=O)N(C)C2=O)c2cc3c(cc2N1)CCC3. The number of fused-ring (bicyclic) bond motifs is 3. The number of imide groups is 2. The molecule has 26 heavy (non-hydrogen) atoms. The highest BCUT2D eigenvalue weighted by Crippen LogP contribution is 2.43. The van der Waals surface area contributed by atoms with E-state index in [9.17, 15) is 14.4 Å². The van der Waals surface area contributed by atoms with Gasteiger partial charge in [-0.15, -0.1) is 0 Å². The first-order chi connectivity index (χ1) is 12.3. The quantitative estimate of drug-likeness (QED) is 0.695. The molecule has 1 aromatic rings. The normalized spacial score (nSPS) is 20.8. The Morgan fingerprint density at radius 2 is 1.62 bits per heavy atom. The molecule has 2 heterocycles. The fourth-order valence-corrected chi connectivity index (χ4v) is 3.91. The number of aryl methyl sites for hydroxylation is 2. The van der Waals surface area contributed by atoms with E-state index in [4.69, 9.17) is 0 Å². The molecule has 8 nitrogen and oxygen atoms in total. The predicted octanol–water partition coefficient (Wildman–Crippen LogP) is 0.764. The molecule has 0 aromatic heterocycles. The summed E-state index contributed by atoms with van der Waals surface area (Å²) in [4.78, 5) is 46.8. The number of nitrogens with zero attached hydrogens (tertiary/aromatic N) is 4. The van der Waals surface area contributed by atoms with Crippen LogP contribution in [0, 0.1) is 0 Å². The van der Waals surface area contributed by atoms with Gasteiger partial charge in [-0.05, 0) is 42.5 Å². The van der Waals surface area contributed by atoms with E-state index in [0.717, 1.165) is 34.6 Å². The first-order valence-corrected chi connectivity index (χ1v) is 8.58. The lowest BCUT2D eigenvalue weighted by atomic mass is 9.82. The highest BCUT2D eigenvalue weighted by atomic mass is 16.2. The summed E-state index contributed by atoms with van der Waals surface area (Å²) in [6, 6.07) is 3.27. The van der Waals surface area contributed by atoms with Crippen LogP contribution < -0.4 is 5.32 Å². The zero-order chi connectivity index (χ0) is 18.8. The number of carbonyl (C=O) groups is 3. The van der Waals surface area contributed by atoms with E-state index >= 15 is 0 Å². The minimum Gasteiger partial charge on any atom is -0.349 e. The third-order valence-corrected chi connectivity index (χ3v) is 5.37. The standard InChI is InChI=1S/C18H21N5O3/c1-21(2)16-19-13-9-11-7-5-6-10(11)8-12(13)18(20-16)14(24)22(3)17(26)23(4)15(18)25/h8-9H,5-7H2,1-4H3,(H,19,20). The van der Waals surface area contributed by atoms with Crippen LogP contribution in [0.25, 0.3) is 0 Å². The van der Waals surface area contributed by atoms with Crippen LogP contribution in [0.4, 0.5) is 10.5 Å². The zero-order valence-corrected chi connectivity index (χ0v) is 15.3. The molecule has 4 rings (SSSR count). The van der Waals surface area contributed by atoms with Crippen LogP contribution in [0.5, 0.6) is 0 Å². The molecule has 0 unspecified atom stereocenters. The molecule has 1 fully saturated rings. The number of urea groups is 1. The molecule has 0 bridgehead atoms. The van der Waals surface area contributed by atoms with Gasteiger partial charge in [0, 0.05) is 39.4 Å². The first kappa shape index (κ1) is 16.6. The summed E-state index contributed by atoms with van der Waals surface area (Å²) >= 11 is 0. The maximum atomic E-state index is 13.2. The van der Waals surface area contributed by atoms with Crippen molar-refractivity contribution in [2.75, 3.05) is 33.5 Å². The number of guanidine groups is 1. The average Bonchev–Trinajstić information content (AvgIpc) is 3.08. The van der Waals surface area contributed by atoms with Gasteiger partial charge < -0.3 is 10.2 Å². The van der Waals surface area contributed by atoms with Gasteiger partial charge in [-0.25, -0.2) is 9.79 Å². The second kappa shape index (κ2) is 5.30. The molecule has 1 saturated heterocycles. The molecular weight excluding hydrogens is 334 g/mol. The molecule has 0 atom stereocenters. The Hall–Kier alpha value is -2.90. The van der Waals surface area contributed by atoms with Crippen molar-refractivity contribution in [3.63, 3.8) is 0 Å². The van der Waals surface area contributed by atoms with Gasteiger partial charge in [-0.1, -0.05) is 0 Å². The third-order valence-electron chi connectivity index (χ3n) is 5.37. The number of hydrogen-bond donors (Lipinski definition) is 1. The number of anilines is 1. The minimum absolute atomic E-state index is 0.410. The van der Waals surface area contributed by atoms with Gasteiger partial charge in [0.25, 0.3) is 11.8 Å². The van der Waals surface area contributed by atoms with E-state index in [1.54, 1.807) is 19.0 Å². The van der Waals surface area contributed by atoms with Crippen LogP contribution in [-0.4, -0.2) is 66.7 Å². The summed E-state index contributed by atoms with van der Waals surface area (Å²) in [5, 5.41) is 3.23. The maximum Gasteiger partial charge on any atom is 0.333 e. The van der Waals surface area contributed by atoms with Gasteiger partial charge in [0.1, 0.15) is 0 Å². The van der Waals surface area contributed by atoms with E-state index in [1.807, 2.05) is 12.1 Å². The van der Waals surface area contributed by atoms with Crippen molar-refractivity contribution in [3.8, 4) is 0 Å². The molecule has 1 aromatic carbocycles. The summed E-state index contributed by atoms with van der Waals surface area (Å²) < 4.78 is 0. The highest BCUT2D eigenvalue weighted by Gasteiger charge is 2.59. The lowest BCUT2D eigenvalue weighted by Gasteiger charge is -2.43. The Kier molecular flexibility index (Phi) is 3.37. The molecule has 1 aliphatic carbocycles. The van der Waals surface area contributed by atoms with Crippen molar-refractivity contribution < 1.29 is 14.4 Å². The lowest BCUT2D eigenvalue weighted by molar-refractivity contribution is -0.150. The number of hydrogen-bond acceptors (Lipinski definition) is 6. The second-order valence-electron chi connectivity index (χ2n) is 7.20. The number of amides is 4. The Labute approximate surface area is 151 Å². The van der Waals surface area contributed by atoms with Gasteiger partial charge in [0.05, 0.1) is 0 Å². The number of aliphatic imine (C=N–C) groups is 1. The van der Waals surface area contributed by atoms with Crippen LogP contribution in [0.3, 0.4) is 0 Å². The number of likely N-dealkylation sites (N-methyl/N-ethyl adjacent to an activating group) is 2. The topological polar surface area (TPSA) is 85.3 Å². The molecule has 2 aliphatic heterocycles. The zero-order valence-electron chi connectivity index (χ0n) is 15.3. The molecule has 0 saturated carbocycles. The second-order valence-corrected chi connectivity index (χ2v) is 7.20. The number of nitrogens with one attached hydrogen (secondary N) is 1. The number of rotatable bonds is 0. The van der Waals surface area contributed by atoms with Gasteiger partial charge in [-0.3, -0.25) is 19.4 Å². The van der Waals surface area contributed by atoms with Crippen molar-refractivity contribution in [2.45, 2.75) is 24.8 Å². The van der Waals surface area contributed by atoms with Gasteiger partial charge in [0.15, 0.2) is 5.96 Å². The van der Waals surface area contributed by atoms with Gasteiger partial charge >= 0.3 is 6.03 Å². The Morgan fingerprint density at radius 3 is 2.19 bits per heavy atom.